The van der Waals surface area contributed by atoms with Crippen molar-refractivity contribution in [3.8, 4) is 0 Å². The summed E-state index contributed by atoms with van der Waals surface area (Å²) >= 11 is 0. The molecule has 1 nitrogen and oxygen atoms in total. The molecule has 0 heterocycles. The lowest BCUT2D eigenvalue weighted by molar-refractivity contribution is -0.105. The molecule has 1 unspecified atom stereocenters. The zero-order chi connectivity index (χ0) is 12.9. The third-order valence-corrected chi connectivity index (χ3v) is 6.86. The molecule has 0 aromatic carbocycles. The first kappa shape index (κ1) is 13.0. The standard InChI is InChI=1S/C17H31N/c1-11(2)17(3,10-18-4)16-14-6-12-5-13(8-14)9-15(16)7-12/h11-16,18H,5-10H2,1-4H3. The van der Waals surface area contributed by atoms with Crippen LogP contribution in [0.5, 0.6) is 0 Å². The minimum Gasteiger partial charge on any atom is -0.319 e. The van der Waals surface area contributed by atoms with Crippen molar-refractivity contribution >= 4 is 0 Å². The van der Waals surface area contributed by atoms with Crippen LogP contribution >= 0.6 is 0 Å². The molecule has 0 amide bonds. The fraction of sp³-hybridized carbons (Fsp3) is 1.00. The summed E-state index contributed by atoms with van der Waals surface area (Å²) in [6.45, 7) is 8.67. The van der Waals surface area contributed by atoms with Gasteiger partial charge in [0.05, 0.1) is 0 Å². The third kappa shape index (κ3) is 1.85. The maximum absolute atomic E-state index is 3.50. The van der Waals surface area contributed by atoms with E-state index in [1.54, 1.807) is 32.1 Å². The fourth-order valence-electron chi connectivity index (χ4n) is 6.09. The van der Waals surface area contributed by atoms with Gasteiger partial charge >= 0.3 is 0 Å². The molecule has 1 N–H and O–H groups in total. The van der Waals surface area contributed by atoms with Gasteiger partial charge in [-0.1, -0.05) is 20.8 Å². The smallest absolute Gasteiger partial charge is 0.000747 e. The molecule has 0 aromatic rings. The van der Waals surface area contributed by atoms with Crippen molar-refractivity contribution in [2.45, 2.75) is 52.9 Å². The second-order valence-corrected chi connectivity index (χ2v) is 8.15. The molecule has 104 valence electrons. The molecule has 18 heavy (non-hydrogen) atoms. The largest absolute Gasteiger partial charge is 0.319 e. The Labute approximate surface area is 113 Å². The zero-order valence-electron chi connectivity index (χ0n) is 12.7. The highest BCUT2D eigenvalue weighted by atomic mass is 14.8. The summed E-state index contributed by atoms with van der Waals surface area (Å²) in [4.78, 5) is 0. The van der Waals surface area contributed by atoms with Crippen molar-refractivity contribution < 1.29 is 0 Å². The summed E-state index contributed by atoms with van der Waals surface area (Å²) in [5.41, 5.74) is 0.511. The lowest BCUT2D eigenvalue weighted by Crippen LogP contribution is -2.55. The van der Waals surface area contributed by atoms with E-state index in [1.165, 1.54) is 6.54 Å². The lowest BCUT2D eigenvalue weighted by Gasteiger charge is -2.60. The zero-order valence-corrected chi connectivity index (χ0v) is 12.7. The van der Waals surface area contributed by atoms with E-state index in [9.17, 15) is 0 Å². The second-order valence-electron chi connectivity index (χ2n) is 8.15. The highest BCUT2D eigenvalue weighted by Crippen LogP contribution is 2.61. The van der Waals surface area contributed by atoms with Crippen LogP contribution < -0.4 is 5.32 Å². The molecule has 0 radical (unpaired) electrons. The van der Waals surface area contributed by atoms with E-state index in [0.717, 1.165) is 35.5 Å². The Balaban J connectivity index is 1.86. The Morgan fingerprint density at radius 2 is 1.50 bits per heavy atom. The van der Waals surface area contributed by atoms with Crippen LogP contribution in [-0.2, 0) is 0 Å². The first-order valence-corrected chi connectivity index (χ1v) is 8.19. The van der Waals surface area contributed by atoms with Gasteiger partial charge in [0.2, 0.25) is 0 Å². The quantitative estimate of drug-likeness (QED) is 0.796. The van der Waals surface area contributed by atoms with Crippen molar-refractivity contribution in [3.63, 3.8) is 0 Å². The van der Waals surface area contributed by atoms with Crippen LogP contribution in [0.1, 0.15) is 52.9 Å². The van der Waals surface area contributed by atoms with Gasteiger partial charge < -0.3 is 5.32 Å². The van der Waals surface area contributed by atoms with E-state index in [4.69, 9.17) is 0 Å². The Hall–Kier alpha value is -0.0400. The summed E-state index contributed by atoms with van der Waals surface area (Å²) < 4.78 is 0. The number of hydrogen-bond donors (Lipinski definition) is 1. The molecular weight excluding hydrogens is 218 g/mol. The SMILES string of the molecule is CNCC(C)(C(C)C)C1C2CC3CC(C2)CC1C3. The van der Waals surface area contributed by atoms with E-state index in [1.807, 2.05) is 0 Å². The Bertz CT molecular complexity index is 281. The molecule has 4 fully saturated rings. The van der Waals surface area contributed by atoms with Gasteiger partial charge in [-0.25, -0.2) is 0 Å². The van der Waals surface area contributed by atoms with Crippen LogP contribution in [0.25, 0.3) is 0 Å². The highest BCUT2D eigenvalue weighted by molar-refractivity contribution is 5.04. The van der Waals surface area contributed by atoms with Crippen LogP contribution in [0.2, 0.25) is 0 Å². The van der Waals surface area contributed by atoms with E-state index in [2.05, 4.69) is 33.1 Å². The maximum Gasteiger partial charge on any atom is 0.000747 e. The minimum atomic E-state index is 0.511. The number of hydrogen-bond acceptors (Lipinski definition) is 1. The molecule has 4 saturated carbocycles. The first-order valence-electron chi connectivity index (χ1n) is 8.19. The normalized spacial score (nSPS) is 45.5. The molecule has 4 bridgehead atoms. The summed E-state index contributed by atoms with van der Waals surface area (Å²) in [7, 11) is 2.14. The van der Waals surface area contributed by atoms with Crippen LogP contribution in [-0.4, -0.2) is 13.6 Å². The second kappa shape index (κ2) is 4.51. The van der Waals surface area contributed by atoms with Crippen LogP contribution in [0, 0.1) is 40.9 Å². The Morgan fingerprint density at radius 3 is 1.89 bits per heavy atom. The molecule has 1 atom stereocenters. The summed E-state index contributed by atoms with van der Waals surface area (Å²) in [6.07, 6.45) is 7.81. The van der Waals surface area contributed by atoms with Crippen molar-refractivity contribution in [3.05, 3.63) is 0 Å². The van der Waals surface area contributed by atoms with Gasteiger partial charge in [-0.15, -0.1) is 0 Å². The van der Waals surface area contributed by atoms with Gasteiger partial charge in [-0.3, -0.25) is 0 Å². The van der Waals surface area contributed by atoms with E-state index < -0.39 is 0 Å². The average Bonchev–Trinajstić information content (AvgIpc) is 2.27. The Kier molecular flexibility index (Phi) is 3.25. The van der Waals surface area contributed by atoms with Gasteiger partial charge in [0.1, 0.15) is 0 Å². The van der Waals surface area contributed by atoms with Crippen LogP contribution in [0.4, 0.5) is 0 Å². The van der Waals surface area contributed by atoms with Gasteiger partial charge in [0.25, 0.3) is 0 Å². The van der Waals surface area contributed by atoms with Crippen molar-refractivity contribution in [2.24, 2.45) is 40.9 Å². The van der Waals surface area contributed by atoms with E-state index >= 15 is 0 Å². The van der Waals surface area contributed by atoms with Gasteiger partial charge in [-0.2, -0.15) is 0 Å². The molecule has 4 rings (SSSR count). The van der Waals surface area contributed by atoms with Gasteiger partial charge in [-0.05, 0) is 80.1 Å². The molecule has 0 saturated heterocycles. The molecule has 0 aromatic heterocycles. The molecule has 4 aliphatic carbocycles. The predicted molar refractivity (Wildman–Crippen MR) is 77.4 cm³/mol. The number of rotatable bonds is 4. The monoisotopic (exact) mass is 249 g/mol. The predicted octanol–water partition coefficient (Wildman–Crippen LogP) is 3.94. The Morgan fingerprint density at radius 1 is 1.00 bits per heavy atom. The van der Waals surface area contributed by atoms with Crippen molar-refractivity contribution in [2.75, 3.05) is 13.6 Å². The summed E-state index contributed by atoms with van der Waals surface area (Å²) in [5.74, 6) is 6.12. The average molecular weight is 249 g/mol. The summed E-state index contributed by atoms with van der Waals surface area (Å²) in [6, 6.07) is 0. The topological polar surface area (TPSA) is 12.0 Å². The fourth-order valence-corrected chi connectivity index (χ4v) is 6.09. The molecule has 0 aliphatic heterocycles. The molecular formula is C17H31N. The molecule has 0 spiro atoms. The number of nitrogens with one attached hydrogen (secondary N) is 1. The molecule has 4 aliphatic rings. The van der Waals surface area contributed by atoms with Crippen molar-refractivity contribution in [1.29, 1.82) is 0 Å². The van der Waals surface area contributed by atoms with Gasteiger partial charge in [0, 0.05) is 6.54 Å². The maximum atomic E-state index is 3.50. The third-order valence-electron chi connectivity index (χ3n) is 6.86. The van der Waals surface area contributed by atoms with E-state index in [-0.39, 0.29) is 0 Å². The first-order chi connectivity index (χ1) is 8.54. The molecule has 1 heteroatoms. The summed E-state index contributed by atoms with van der Waals surface area (Å²) in [5, 5.41) is 3.50. The van der Waals surface area contributed by atoms with Crippen molar-refractivity contribution in [1.82, 2.24) is 5.32 Å². The lowest BCUT2D eigenvalue weighted by atomic mass is 9.45. The minimum absolute atomic E-state index is 0.511. The highest BCUT2D eigenvalue weighted by Gasteiger charge is 2.54. The van der Waals surface area contributed by atoms with Gasteiger partial charge in [0.15, 0.2) is 0 Å². The van der Waals surface area contributed by atoms with Crippen LogP contribution in [0.3, 0.4) is 0 Å². The van der Waals surface area contributed by atoms with E-state index in [0.29, 0.717) is 5.41 Å². The van der Waals surface area contributed by atoms with Crippen LogP contribution in [0.15, 0.2) is 0 Å².